The van der Waals surface area contributed by atoms with E-state index in [0.29, 0.717) is 16.9 Å². The van der Waals surface area contributed by atoms with Crippen molar-refractivity contribution in [3.8, 4) is 0 Å². The second-order valence-corrected chi connectivity index (χ2v) is 4.28. The molecule has 1 amide bonds. The highest BCUT2D eigenvalue weighted by atomic mass is 32.2. The fourth-order valence-electron chi connectivity index (χ4n) is 1.34. The molecule has 0 saturated carbocycles. The van der Waals surface area contributed by atoms with E-state index in [4.69, 9.17) is 0 Å². The first-order valence-electron chi connectivity index (χ1n) is 4.43. The lowest BCUT2D eigenvalue weighted by molar-refractivity contribution is -0.114. The molecule has 0 unspecified atom stereocenters. The first-order valence-corrected chi connectivity index (χ1v) is 5.24. The molecule has 1 heterocycles. The lowest BCUT2D eigenvalue weighted by Gasteiger charge is -2.02. The van der Waals surface area contributed by atoms with Gasteiger partial charge in [-0.1, -0.05) is 23.9 Å². The summed E-state index contributed by atoms with van der Waals surface area (Å²) < 4.78 is 0. The molecule has 2 rings (SSSR count). The molecule has 3 nitrogen and oxygen atoms in total. The van der Waals surface area contributed by atoms with E-state index >= 15 is 0 Å². The first kappa shape index (κ1) is 9.98. The highest BCUT2D eigenvalue weighted by Gasteiger charge is 2.25. The third kappa shape index (κ3) is 1.80. The summed E-state index contributed by atoms with van der Waals surface area (Å²) in [6.45, 7) is 0. The van der Waals surface area contributed by atoms with Crippen LogP contribution in [0.2, 0.25) is 0 Å². The van der Waals surface area contributed by atoms with Crippen LogP contribution in [0.3, 0.4) is 0 Å². The molecule has 0 N–H and O–H groups in total. The zero-order valence-corrected chi connectivity index (χ0v) is 8.95. The number of ketones is 1. The molecule has 0 radical (unpaired) electrons. The minimum atomic E-state index is -0.00991. The van der Waals surface area contributed by atoms with Gasteiger partial charge in [-0.3, -0.25) is 9.59 Å². The van der Waals surface area contributed by atoms with Crippen LogP contribution in [0, 0.1) is 0 Å². The van der Waals surface area contributed by atoms with Gasteiger partial charge in [0.15, 0.2) is 0 Å². The van der Waals surface area contributed by atoms with Crippen molar-refractivity contribution < 1.29 is 9.59 Å². The Balaban J connectivity index is 2.35. The van der Waals surface area contributed by atoms with Crippen molar-refractivity contribution in [2.24, 2.45) is 0 Å². The van der Waals surface area contributed by atoms with Crippen molar-refractivity contribution in [2.45, 2.75) is 4.90 Å². The molecular formula is C11H9NO2S. The van der Waals surface area contributed by atoms with Gasteiger partial charge in [-0.05, 0) is 12.1 Å². The maximum absolute atomic E-state index is 11.8. The number of allylic oxidation sites excluding steroid dienone is 1. The Morgan fingerprint density at radius 1 is 1.33 bits per heavy atom. The van der Waals surface area contributed by atoms with Gasteiger partial charge in [-0.15, -0.1) is 0 Å². The Bertz CT molecular complexity index is 454. The van der Waals surface area contributed by atoms with E-state index in [-0.39, 0.29) is 5.78 Å². The fraction of sp³-hybridized carbons (Fsp3) is 0.0909. The maximum atomic E-state index is 11.8. The molecule has 76 valence electrons. The molecule has 0 bridgehead atoms. The van der Waals surface area contributed by atoms with Gasteiger partial charge in [0.2, 0.25) is 12.2 Å². The van der Waals surface area contributed by atoms with E-state index in [1.54, 1.807) is 19.3 Å². The molecular weight excluding hydrogens is 210 g/mol. The smallest absolute Gasteiger partial charge is 0.213 e. The number of hydrogen-bond donors (Lipinski definition) is 0. The van der Waals surface area contributed by atoms with Crippen molar-refractivity contribution >= 4 is 24.0 Å². The maximum Gasteiger partial charge on any atom is 0.213 e. The number of rotatable bonds is 2. The van der Waals surface area contributed by atoms with Gasteiger partial charge in [0.05, 0.1) is 4.91 Å². The van der Waals surface area contributed by atoms with E-state index in [2.05, 4.69) is 0 Å². The second kappa shape index (κ2) is 3.90. The van der Waals surface area contributed by atoms with Crippen LogP contribution in [0.25, 0.3) is 0 Å². The van der Waals surface area contributed by atoms with Gasteiger partial charge in [-0.25, -0.2) is 0 Å². The molecule has 4 heteroatoms. The summed E-state index contributed by atoms with van der Waals surface area (Å²) in [5.74, 6) is -0.00991. The van der Waals surface area contributed by atoms with Crippen LogP contribution < -0.4 is 0 Å². The van der Waals surface area contributed by atoms with Crippen LogP contribution in [-0.4, -0.2) is 24.1 Å². The van der Waals surface area contributed by atoms with E-state index in [9.17, 15) is 9.59 Å². The zero-order chi connectivity index (χ0) is 10.8. The molecule has 0 aliphatic carbocycles. The summed E-state index contributed by atoms with van der Waals surface area (Å²) in [5.41, 5.74) is 0.716. The van der Waals surface area contributed by atoms with Crippen LogP contribution in [0.4, 0.5) is 0 Å². The van der Waals surface area contributed by atoms with E-state index in [1.807, 2.05) is 18.2 Å². The predicted molar refractivity (Wildman–Crippen MR) is 58.5 cm³/mol. The number of thioether (sulfide) groups is 1. The fourth-order valence-corrected chi connectivity index (χ4v) is 2.42. The highest BCUT2D eigenvalue weighted by Crippen LogP contribution is 2.39. The number of fused-ring (bicyclic) bond motifs is 1. The van der Waals surface area contributed by atoms with Crippen LogP contribution >= 0.6 is 11.8 Å². The molecule has 1 aromatic rings. The highest BCUT2D eigenvalue weighted by molar-refractivity contribution is 8.04. The van der Waals surface area contributed by atoms with Gasteiger partial charge < -0.3 is 4.90 Å². The van der Waals surface area contributed by atoms with Crippen LogP contribution in [0.1, 0.15) is 10.4 Å². The third-order valence-electron chi connectivity index (χ3n) is 2.06. The summed E-state index contributed by atoms with van der Waals surface area (Å²) in [5, 5.41) is 0. The standard InChI is InChI=1S/C11H9NO2S/c1-12(7-13)6-10-11(14)8-4-2-3-5-9(8)15-10/h2-7H,1H3/b10-6+. The average molecular weight is 219 g/mol. The summed E-state index contributed by atoms with van der Waals surface area (Å²) in [6.07, 6.45) is 2.23. The van der Waals surface area contributed by atoms with Gasteiger partial charge in [-0.2, -0.15) is 0 Å². The third-order valence-corrected chi connectivity index (χ3v) is 3.15. The van der Waals surface area contributed by atoms with E-state index in [0.717, 1.165) is 4.90 Å². The normalized spacial score (nSPS) is 16.6. The second-order valence-electron chi connectivity index (χ2n) is 3.19. The van der Waals surface area contributed by atoms with E-state index < -0.39 is 0 Å². The first-order chi connectivity index (χ1) is 7.22. The molecule has 0 atom stereocenters. The van der Waals surface area contributed by atoms with Gasteiger partial charge in [0, 0.05) is 23.7 Å². The largest absolute Gasteiger partial charge is 0.323 e. The molecule has 0 aromatic heterocycles. The van der Waals surface area contributed by atoms with Crippen LogP contribution in [0.5, 0.6) is 0 Å². The number of Topliss-reactive ketones (excluding diaryl/α,β-unsaturated/α-hetero) is 1. The molecule has 1 aliphatic rings. The number of carbonyl (C=O) groups excluding carboxylic acids is 2. The van der Waals surface area contributed by atoms with Gasteiger partial charge in [0.1, 0.15) is 0 Å². The summed E-state index contributed by atoms with van der Waals surface area (Å²) in [6, 6.07) is 7.43. The van der Waals surface area contributed by atoms with Crippen molar-refractivity contribution in [3.63, 3.8) is 0 Å². The van der Waals surface area contributed by atoms with Crippen LogP contribution in [0.15, 0.2) is 40.3 Å². The van der Waals surface area contributed by atoms with Crippen molar-refractivity contribution in [3.05, 3.63) is 40.9 Å². The lowest BCUT2D eigenvalue weighted by Crippen LogP contribution is -2.08. The SMILES string of the molecule is CN(C=O)/C=C1/Sc2ccccc2C1=O. The Morgan fingerprint density at radius 2 is 2.07 bits per heavy atom. The monoisotopic (exact) mass is 219 g/mol. The number of carbonyl (C=O) groups is 2. The molecule has 0 saturated heterocycles. The lowest BCUT2D eigenvalue weighted by atomic mass is 10.1. The minimum Gasteiger partial charge on any atom is -0.323 e. The van der Waals surface area contributed by atoms with Gasteiger partial charge in [0.25, 0.3) is 0 Å². The Labute approximate surface area is 91.8 Å². The predicted octanol–water partition coefficient (Wildman–Crippen LogP) is 1.90. The Hall–Kier alpha value is -1.55. The van der Waals surface area contributed by atoms with Crippen molar-refractivity contribution in [2.75, 3.05) is 7.05 Å². The van der Waals surface area contributed by atoms with Crippen molar-refractivity contribution in [1.82, 2.24) is 4.90 Å². The summed E-state index contributed by atoms with van der Waals surface area (Å²) in [4.78, 5) is 25.1. The number of hydrogen-bond acceptors (Lipinski definition) is 3. The molecule has 15 heavy (non-hydrogen) atoms. The van der Waals surface area contributed by atoms with Crippen molar-refractivity contribution in [1.29, 1.82) is 0 Å². The Kier molecular flexibility index (Phi) is 2.60. The summed E-state index contributed by atoms with van der Waals surface area (Å²) >= 11 is 1.40. The topological polar surface area (TPSA) is 37.4 Å². The number of nitrogens with zero attached hydrogens (tertiary/aromatic N) is 1. The molecule has 0 fully saturated rings. The number of amides is 1. The number of benzene rings is 1. The zero-order valence-electron chi connectivity index (χ0n) is 8.14. The molecule has 1 aromatic carbocycles. The minimum absolute atomic E-state index is 0.00991. The average Bonchev–Trinajstić information content (AvgIpc) is 2.57. The Morgan fingerprint density at radius 3 is 2.73 bits per heavy atom. The molecule has 1 aliphatic heterocycles. The quantitative estimate of drug-likeness (QED) is 0.563. The van der Waals surface area contributed by atoms with Crippen LogP contribution in [-0.2, 0) is 4.79 Å². The molecule has 0 spiro atoms. The van der Waals surface area contributed by atoms with Gasteiger partial charge >= 0.3 is 0 Å². The van der Waals surface area contributed by atoms with E-state index in [1.165, 1.54) is 16.7 Å². The summed E-state index contributed by atoms with van der Waals surface area (Å²) in [7, 11) is 1.61.